The van der Waals surface area contributed by atoms with Crippen LogP contribution >= 0.6 is 0 Å². The van der Waals surface area contributed by atoms with Crippen molar-refractivity contribution in [2.45, 2.75) is 20.3 Å². The lowest BCUT2D eigenvalue weighted by atomic mass is 10.2. The Morgan fingerprint density at radius 3 is 2.61 bits per heavy atom. The molecule has 5 nitrogen and oxygen atoms in total. The fourth-order valence-corrected chi connectivity index (χ4v) is 2.61. The quantitative estimate of drug-likeness (QED) is 0.824. The fourth-order valence-electron chi connectivity index (χ4n) is 1.49. The number of sulfonamides is 1. The summed E-state index contributed by atoms with van der Waals surface area (Å²) in [5.74, 6) is -0.146. The second-order valence-electron chi connectivity index (χ2n) is 3.86. The Bertz CT molecular complexity index is 512. The number of rotatable bonds is 6. The Labute approximate surface area is 108 Å². The van der Waals surface area contributed by atoms with E-state index in [1.807, 2.05) is 6.92 Å². The van der Waals surface area contributed by atoms with Crippen LogP contribution in [-0.4, -0.2) is 26.6 Å². The summed E-state index contributed by atoms with van der Waals surface area (Å²) >= 11 is 0. The topological polar surface area (TPSA) is 75.3 Å². The summed E-state index contributed by atoms with van der Waals surface area (Å²) in [4.78, 5) is 11.6. The van der Waals surface area contributed by atoms with E-state index in [4.69, 9.17) is 0 Å². The molecular weight excluding hydrogens is 252 g/mol. The van der Waals surface area contributed by atoms with Crippen LogP contribution in [0.3, 0.4) is 0 Å². The summed E-state index contributed by atoms with van der Waals surface area (Å²) in [6.45, 7) is 4.15. The van der Waals surface area contributed by atoms with E-state index in [1.165, 1.54) is 6.07 Å². The number of carbonyl (C=O) groups excluding carboxylic acids is 1. The van der Waals surface area contributed by atoms with Crippen LogP contribution in [0.25, 0.3) is 0 Å². The average Bonchev–Trinajstić information content (AvgIpc) is 2.28. The Morgan fingerprint density at radius 2 is 2.00 bits per heavy atom. The summed E-state index contributed by atoms with van der Waals surface area (Å²) in [5, 5.41) is 2.66. The molecular formula is C12H18N2O3S. The van der Waals surface area contributed by atoms with Gasteiger partial charge in [-0.2, -0.15) is 0 Å². The van der Waals surface area contributed by atoms with E-state index in [-0.39, 0.29) is 11.7 Å². The van der Waals surface area contributed by atoms with Gasteiger partial charge in [0.05, 0.1) is 5.75 Å². The molecule has 100 valence electrons. The van der Waals surface area contributed by atoms with Crippen molar-refractivity contribution in [3.8, 4) is 0 Å². The van der Waals surface area contributed by atoms with Crippen molar-refractivity contribution >= 4 is 21.6 Å². The summed E-state index contributed by atoms with van der Waals surface area (Å²) in [5.41, 5.74) is 0.848. The van der Waals surface area contributed by atoms with Gasteiger partial charge in [0.2, 0.25) is 10.0 Å². The van der Waals surface area contributed by atoms with Crippen molar-refractivity contribution in [3.63, 3.8) is 0 Å². The third-order valence-electron chi connectivity index (χ3n) is 2.21. The van der Waals surface area contributed by atoms with Crippen molar-refractivity contribution in [2.75, 3.05) is 17.0 Å². The van der Waals surface area contributed by atoms with Gasteiger partial charge in [0, 0.05) is 17.8 Å². The number of hydrogen-bond acceptors (Lipinski definition) is 3. The van der Waals surface area contributed by atoms with E-state index in [9.17, 15) is 13.2 Å². The van der Waals surface area contributed by atoms with Crippen LogP contribution in [0, 0.1) is 0 Å². The smallest absolute Gasteiger partial charge is 0.251 e. The molecule has 0 fully saturated rings. The largest absolute Gasteiger partial charge is 0.352 e. The van der Waals surface area contributed by atoms with Gasteiger partial charge in [0.15, 0.2) is 0 Å². The summed E-state index contributed by atoms with van der Waals surface area (Å²) in [6, 6.07) is 6.44. The molecule has 0 saturated heterocycles. The molecule has 0 aliphatic heterocycles. The molecule has 1 aromatic carbocycles. The molecule has 0 spiro atoms. The normalized spacial score (nSPS) is 11.0. The van der Waals surface area contributed by atoms with Gasteiger partial charge in [-0.15, -0.1) is 0 Å². The zero-order valence-corrected chi connectivity index (χ0v) is 11.4. The molecule has 0 heterocycles. The molecule has 0 aliphatic rings. The van der Waals surface area contributed by atoms with Gasteiger partial charge >= 0.3 is 0 Å². The third kappa shape index (κ3) is 4.37. The average molecular weight is 270 g/mol. The lowest BCUT2D eigenvalue weighted by Gasteiger charge is -2.08. The number of benzene rings is 1. The summed E-state index contributed by atoms with van der Waals surface area (Å²) in [6.07, 6.45) is 0.547. The first-order valence-corrected chi connectivity index (χ1v) is 7.52. The standard InChI is InChI=1S/C12H18N2O3S/c1-3-8-18(16,17)14-11-7-5-6-10(9-11)12(15)13-4-2/h5-7,9,14H,3-4,8H2,1-2H3,(H,13,15). The van der Waals surface area contributed by atoms with E-state index >= 15 is 0 Å². The Balaban J connectivity index is 2.86. The minimum atomic E-state index is -3.32. The highest BCUT2D eigenvalue weighted by Gasteiger charge is 2.10. The van der Waals surface area contributed by atoms with E-state index in [1.54, 1.807) is 25.1 Å². The van der Waals surface area contributed by atoms with Crippen LogP contribution in [0.15, 0.2) is 24.3 Å². The van der Waals surface area contributed by atoms with Crippen LogP contribution < -0.4 is 10.0 Å². The molecule has 0 unspecified atom stereocenters. The minimum absolute atomic E-state index is 0.0678. The Kier molecular flexibility index (Phi) is 5.15. The van der Waals surface area contributed by atoms with Gasteiger partial charge in [0.25, 0.3) is 5.91 Å². The number of hydrogen-bond donors (Lipinski definition) is 2. The van der Waals surface area contributed by atoms with Crippen molar-refractivity contribution in [2.24, 2.45) is 0 Å². The predicted molar refractivity (Wildman–Crippen MR) is 72.1 cm³/mol. The van der Waals surface area contributed by atoms with Gasteiger partial charge in [-0.3, -0.25) is 9.52 Å². The first kappa shape index (κ1) is 14.5. The van der Waals surface area contributed by atoms with E-state index in [0.29, 0.717) is 24.2 Å². The Hall–Kier alpha value is -1.56. The molecule has 0 saturated carbocycles. The lowest BCUT2D eigenvalue weighted by Crippen LogP contribution is -2.23. The van der Waals surface area contributed by atoms with Gasteiger partial charge in [0.1, 0.15) is 0 Å². The Morgan fingerprint density at radius 1 is 1.28 bits per heavy atom. The van der Waals surface area contributed by atoms with E-state index in [2.05, 4.69) is 10.0 Å². The molecule has 1 amide bonds. The van der Waals surface area contributed by atoms with Crippen LogP contribution in [0.5, 0.6) is 0 Å². The molecule has 0 bridgehead atoms. The highest BCUT2D eigenvalue weighted by molar-refractivity contribution is 7.92. The maximum Gasteiger partial charge on any atom is 0.251 e. The zero-order valence-electron chi connectivity index (χ0n) is 10.6. The van der Waals surface area contributed by atoms with Crippen molar-refractivity contribution < 1.29 is 13.2 Å². The van der Waals surface area contributed by atoms with Crippen molar-refractivity contribution in [1.82, 2.24) is 5.32 Å². The number of carbonyl (C=O) groups is 1. The highest BCUT2D eigenvalue weighted by atomic mass is 32.2. The molecule has 0 aromatic heterocycles. The van der Waals surface area contributed by atoms with Gasteiger partial charge in [-0.05, 0) is 31.5 Å². The molecule has 18 heavy (non-hydrogen) atoms. The molecule has 0 aliphatic carbocycles. The molecule has 1 rings (SSSR count). The first-order valence-electron chi connectivity index (χ1n) is 5.87. The first-order chi connectivity index (χ1) is 8.48. The predicted octanol–water partition coefficient (Wildman–Crippen LogP) is 1.59. The molecule has 0 radical (unpaired) electrons. The number of anilines is 1. The van der Waals surface area contributed by atoms with E-state index in [0.717, 1.165) is 0 Å². The maximum absolute atomic E-state index is 11.6. The third-order valence-corrected chi connectivity index (χ3v) is 3.70. The van der Waals surface area contributed by atoms with Crippen molar-refractivity contribution in [3.05, 3.63) is 29.8 Å². The molecule has 1 aromatic rings. The zero-order chi connectivity index (χ0) is 13.6. The van der Waals surface area contributed by atoms with Crippen LogP contribution in [0.4, 0.5) is 5.69 Å². The summed E-state index contributed by atoms with van der Waals surface area (Å²) in [7, 11) is -3.32. The fraction of sp³-hybridized carbons (Fsp3) is 0.417. The summed E-state index contributed by atoms with van der Waals surface area (Å²) < 4.78 is 25.6. The van der Waals surface area contributed by atoms with Crippen LogP contribution in [0.2, 0.25) is 0 Å². The molecule has 6 heteroatoms. The monoisotopic (exact) mass is 270 g/mol. The van der Waals surface area contributed by atoms with Crippen LogP contribution in [-0.2, 0) is 10.0 Å². The number of nitrogens with one attached hydrogen (secondary N) is 2. The highest BCUT2D eigenvalue weighted by Crippen LogP contribution is 2.12. The van der Waals surface area contributed by atoms with Gasteiger partial charge in [-0.25, -0.2) is 8.42 Å². The molecule has 0 atom stereocenters. The van der Waals surface area contributed by atoms with Crippen LogP contribution in [0.1, 0.15) is 30.6 Å². The second kappa shape index (κ2) is 6.39. The SMILES string of the molecule is CCCS(=O)(=O)Nc1cccc(C(=O)NCC)c1. The van der Waals surface area contributed by atoms with Gasteiger partial charge < -0.3 is 5.32 Å². The van der Waals surface area contributed by atoms with E-state index < -0.39 is 10.0 Å². The lowest BCUT2D eigenvalue weighted by molar-refractivity contribution is 0.0956. The number of amides is 1. The minimum Gasteiger partial charge on any atom is -0.352 e. The maximum atomic E-state index is 11.6. The van der Waals surface area contributed by atoms with Gasteiger partial charge in [-0.1, -0.05) is 13.0 Å². The molecule has 2 N–H and O–H groups in total. The van der Waals surface area contributed by atoms with Crippen molar-refractivity contribution in [1.29, 1.82) is 0 Å². The second-order valence-corrected chi connectivity index (χ2v) is 5.70.